The standard InChI is InChI=1S/C18H23NO3/c1-4-7-15(20)18(2,3)16-10-11-21-17(22-16)14-9-6-5-8-13(14)12-19/h5-6,8-9,16-17H,4,7,10-11H2,1-3H3/t16-,17?/m0/s1. The highest BCUT2D eigenvalue weighted by Gasteiger charge is 2.40. The Labute approximate surface area is 132 Å². The highest BCUT2D eigenvalue weighted by molar-refractivity contribution is 5.84. The molecule has 1 aromatic carbocycles. The molecule has 1 aromatic rings. The number of ether oxygens (including phenoxy) is 2. The van der Waals surface area contributed by atoms with Gasteiger partial charge in [-0.1, -0.05) is 39.0 Å². The lowest BCUT2D eigenvalue weighted by atomic mass is 9.78. The smallest absolute Gasteiger partial charge is 0.185 e. The number of hydrogen-bond acceptors (Lipinski definition) is 4. The molecule has 118 valence electrons. The van der Waals surface area contributed by atoms with Gasteiger partial charge in [0.25, 0.3) is 0 Å². The summed E-state index contributed by atoms with van der Waals surface area (Å²) in [6.45, 7) is 6.41. The van der Waals surface area contributed by atoms with E-state index in [0.29, 0.717) is 25.0 Å². The van der Waals surface area contributed by atoms with Crippen molar-refractivity contribution in [2.24, 2.45) is 5.41 Å². The number of ketones is 1. The van der Waals surface area contributed by atoms with E-state index in [-0.39, 0.29) is 11.9 Å². The normalized spacial score (nSPS) is 22.1. The minimum absolute atomic E-state index is 0.197. The molecule has 0 aromatic heterocycles. The van der Waals surface area contributed by atoms with Crippen molar-refractivity contribution in [3.05, 3.63) is 35.4 Å². The molecule has 1 heterocycles. The molecule has 2 rings (SSSR count). The first kappa shape index (κ1) is 16.7. The molecule has 1 unspecified atom stereocenters. The monoisotopic (exact) mass is 301 g/mol. The SMILES string of the molecule is CCCC(=O)C(C)(C)[C@@H]1CCOC(c2ccccc2C#N)O1. The van der Waals surface area contributed by atoms with Crippen molar-refractivity contribution in [2.45, 2.75) is 52.4 Å². The summed E-state index contributed by atoms with van der Waals surface area (Å²) in [4.78, 5) is 12.4. The van der Waals surface area contributed by atoms with Crippen LogP contribution >= 0.6 is 0 Å². The first-order chi connectivity index (χ1) is 10.5. The largest absolute Gasteiger partial charge is 0.348 e. The molecule has 0 spiro atoms. The predicted octanol–water partition coefficient (Wildman–Crippen LogP) is 3.76. The van der Waals surface area contributed by atoms with E-state index in [1.165, 1.54) is 0 Å². The molecule has 0 N–H and O–H groups in total. The number of benzene rings is 1. The van der Waals surface area contributed by atoms with E-state index in [9.17, 15) is 10.1 Å². The topological polar surface area (TPSA) is 59.3 Å². The van der Waals surface area contributed by atoms with Gasteiger partial charge in [0.2, 0.25) is 0 Å². The van der Waals surface area contributed by atoms with Crippen LogP contribution in [0, 0.1) is 16.7 Å². The van der Waals surface area contributed by atoms with Gasteiger partial charge in [-0.25, -0.2) is 0 Å². The van der Waals surface area contributed by atoms with Crippen LogP contribution in [0.15, 0.2) is 24.3 Å². The summed E-state index contributed by atoms with van der Waals surface area (Å²) >= 11 is 0. The van der Waals surface area contributed by atoms with Crippen LogP contribution in [0.3, 0.4) is 0 Å². The number of nitriles is 1. The summed E-state index contributed by atoms with van der Waals surface area (Å²) in [6, 6.07) is 9.43. The van der Waals surface area contributed by atoms with Crippen molar-refractivity contribution in [3.8, 4) is 6.07 Å². The van der Waals surface area contributed by atoms with E-state index in [1.54, 1.807) is 6.07 Å². The fraction of sp³-hybridized carbons (Fsp3) is 0.556. The van der Waals surface area contributed by atoms with E-state index in [0.717, 1.165) is 12.0 Å². The summed E-state index contributed by atoms with van der Waals surface area (Å²) in [6.07, 6.45) is 1.31. The third-order valence-electron chi connectivity index (χ3n) is 4.27. The number of nitrogens with zero attached hydrogens (tertiary/aromatic N) is 1. The van der Waals surface area contributed by atoms with Gasteiger partial charge in [0.05, 0.1) is 24.3 Å². The van der Waals surface area contributed by atoms with Crippen molar-refractivity contribution in [2.75, 3.05) is 6.61 Å². The van der Waals surface area contributed by atoms with Crippen LogP contribution in [0.4, 0.5) is 0 Å². The van der Waals surface area contributed by atoms with Gasteiger partial charge in [-0.2, -0.15) is 5.26 Å². The number of carbonyl (C=O) groups excluding carboxylic acids is 1. The minimum atomic E-state index is -0.580. The lowest BCUT2D eigenvalue weighted by molar-refractivity contribution is -0.238. The van der Waals surface area contributed by atoms with Gasteiger partial charge in [-0.05, 0) is 18.9 Å². The second-order valence-corrected chi connectivity index (χ2v) is 6.21. The highest BCUT2D eigenvalue weighted by Crippen LogP contribution is 2.37. The molecule has 22 heavy (non-hydrogen) atoms. The van der Waals surface area contributed by atoms with Crippen LogP contribution in [0.2, 0.25) is 0 Å². The molecule has 0 saturated carbocycles. The Morgan fingerprint density at radius 1 is 1.41 bits per heavy atom. The zero-order valence-corrected chi connectivity index (χ0v) is 13.5. The van der Waals surface area contributed by atoms with Crippen molar-refractivity contribution in [1.29, 1.82) is 5.26 Å². The molecule has 0 aliphatic carbocycles. The second-order valence-electron chi connectivity index (χ2n) is 6.21. The number of Topliss-reactive ketones (excluding diaryl/α,β-unsaturated/α-hetero) is 1. The molecule has 4 heteroatoms. The van der Waals surface area contributed by atoms with Gasteiger partial charge in [-0.3, -0.25) is 4.79 Å². The summed E-state index contributed by atoms with van der Waals surface area (Å²) in [5.41, 5.74) is 0.735. The minimum Gasteiger partial charge on any atom is -0.348 e. The summed E-state index contributed by atoms with van der Waals surface area (Å²) < 4.78 is 11.7. The lowest BCUT2D eigenvalue weighted by Crippen LogP contribution is -2.43. The van der Waals surface area contributed by atoms with E-state index >= 15 is 0 Å². The Morgan fingerprint density at radius 3 is 2.82 bits per heavy atom. The maximum Gasteiger partial charge on any atom is 0.185 e. The van der Waals surface area contributed by atoms with Crippen LogP contribution in [0.25, 0.3) is 0 Å². The molecule has 1 aliphatic rings. The predicted molar refractivity (Wildman–Crippen MR) is 83.0 cm³/mol. The zero-order valence-electron chi connectivity index (χ0n) is 13.5. The Hall–Kier alpha value is -1.70. The fourth-order valence-electron chi connectivity index (χ4n) is 2.77. The van der Waals surface area contributed by atoms with Gasteiger partial charge >= 0.3 is 0 Å². The third kappa shape index (κ3) is 3.37. The van der Waals surface area contributed by atoms with E-state index in [1.807, 2.05) is 39.0 Å². The zero-order chi connectivity index (χ0) is 16.2. The summed E-state index contributed by atoms with van der Waals surface area (Å²) in [5.74, 6) is 0.217. The quantitative estimate of drug-likeness (QED) is 0.831. The Bertz CT molecular complexity index is 574. The van der Waals surface area contributed by atoms with E-state index in [4.69, 9.17) is 9.47 Å². The average Bonchev–Trinajstić information content (AvgIpc) is 2.55. The van der Waals surface area contributed by atoms with E-state index < -0.39 is 11.7 Å². The van der Waals surface area contributed by atoms with Gasteiger partial charge in [0, 0.05) is 17.4 Å². The van der Waals surface area contributed by atoms with Gasteiger partial charge < -0.3 is 9.47 Å². The Kier molecular flexibility index (Phi) is 5.33. The molecule has 1 aliphatic heterocycles. The first-order valence-corrected chi connectivity index (χ1v) is 7.80. The molecular formula is C18H23NO3. The van der Waals surface area contributed by atoms with Crippen LogP contribution < -0.4 is 0 Å². The molecule has 1 saturated heterocycles. The molecule has 0 radical (unpaired) electrons. The molecule has 4 nitrogen and oxygen atoms in total. The van der Waals surface area contributed by atoms with Crippen LogP contribution in [-0.2, 0) is 14.3 Å². The molecular weight excluding hydrogens is 278 g/mol. The third-order valence-corrected chi connectivity index (χ3v) is 4.27. The maximum absolute atomic E-state index is 12.4. The summed E-state index contributed by atoms with van der Waals surface area (Å²) in [5, 5.41) is 9.22. The van der Waals surface area contributed by atoms with Crippen LogP contribution in [0.1, 0.15) is 57.5 Å². The Balaban J connectivity index is 2.19. The Morgan fingerprint density at radius 2 is 2.14 bits per heavy atom. The highest BCUT2D eigenvalue weighted by atomic mass is 16.7. The average molecular weight is 301 g/mol. The maximum atomic E-state index is 12.4. The van der Waals surface area contributed by atoms with Gasteiger partial charge in [-0.15, -0.1) is 0 Å². The van der Waals surface area contributed by atoms with Crippen molar-refractivity contribution < 1.29 is 14.3 Å². The van der Waals surface area contributed by atoms with Crippen molar-refractivity contribution >= 4 is 5.78 Å². The van der Waals surface area contributed by atoms with Crippen molar-refractivity contribution in [3.63, 3.8) is 0 Å². The van der Waals surface area contributed by atoms with Crippen LogP contribution in [0.5, 0.6) is 0 Å². The summed E-state index contributed by atoms with van der Waals surface area (Å²) in [7, 11) is 0. The number of hydrogen-bond donors (Lipinski definition) is 0. The number of carbonyl (C=O) groups is 1. The van der Waals surface area contributed by atoms with E-state index in [2.05, 4.69) is 6.07 Å². The van der Waals surface area contributed by atoms with Gasteiger partial charge in [0.15, 0.2) is 6.29 Å². The molecule has 0 amide bonds. The fourth-order valence-corrected chi connectivity index (χ4v) is 2.77. The first-order valence-electron chi connectivity index (χ1n) is 7.80. The number of rotatable bonds is 5. The van der Waals surface area contributed by atoms with Crippen molar-refractivity contribution in [1.82, 2.24) is 0 Å². The lowest BCUT2D eigenvalue weighted by Gasteiger charge is -2.39. The molecule has 2 atom stereocenters. The van der Waals surface area contributed by atoms with Crippen LogP contribution in [-0.4, -0.2) is 18.5 Å². The second kappa shape index (κ2) is 7.04. The molecule has 1 fully saturated rings. The molecule has 0 bridgehead atoms. The van der Waals surface area contributed by atoms with Gasteiger partial charge in [0.1, 0.15) is 5.78 Å².